The van der Waals surface area contributed by atoms with E-state index in [0.717, 1.165) is 43.7 Å². The van der Waals surface area contributed by atoms with Crippen molar-refractivity contribution in [1.29, 1.82) is 0 Å². The Morgan fingerprint density at radius 2 is 1.86 bits per heavy atom. The van der Waals surface area contributed by atoms with Gasteiger partial charge < -0.3 is 5.32 Å². The van der Waals surface area contributed by atoms with Gasteiger partial charge in [0.05, 0.1) is 0 Å². The number of carbonyl (C=O) groups is 1. The van der Waals surface area contributed by atoms with E-state index in [1.807, 2.05) is 0 Å². The van der Waals surface area contributed by atoms with Gasteiger partial charge in [0.1, 0.15) is 0 Å². The van der Waals surface area contributed by atoms with Gasteiger partial charge in [-0.05, 0) is 93.1 Å². The van der Waals surface area contributed by atoms with Gasteiger partial charge in [-0.1, -0.05) is 6.07 Å². The Kier molecular flexibility index (Phi) is 4.84. The lowest BCUT2D eigenvalue weighted by atomic mass is 9.78. The molecule has 2 fully saturated rings. The number of amides is 2. The number of piperazine rings is 1. The van der Waals surface area contributed by atoms with Crippen LogP contribution in [0.5, 0.6) is 0 Å². The Morgan fingerprint density at radius 1 is 1.14 bits per heavy atom. The number of benzene rings is 1. The molecule has 2 atom stereocenters. The van der Waals surface area contributed by atoms with Crippen molar-refractivity contribution in [2.75, 3.05) is 37.8 Å². The molecule has 4 aliphatic rings. The number of hydrogen-bond acceptors (Lipinski definition) is 4. The minimum Gasteiger partial charge on any atom is -0.307 e. The van der Waals surface area contributed by atoms with Crippen molar-refractivity contribution in [3.8, 4) is 0 Å². The van der Waals surface area contributed by atoms with Crippen LogP contribution in [-0.2, 0) is 25.7 Å². The van der Waals surface area contributed by atoms with Crippen molar-refractivity contribution >= 4 is 23.7 Å². The second kappa shape index (κ2) is 7.22. The third-order valence-electron chi connectivity index (χ3n) is 7.70. The van der Waals surface area contributed by atoms with Gasteiger partial charge in [-0.2, -0.15) is 0 Å². The number of carbonyl (C=O) groups excluding carboxylic acids is 1. The van der Waals surface area contributed by atoms with Crippen LogP contribution in [0.1, 0.15) is 48.4 Å². The highest BCUT2D eigenvalue weighted by molar-refractivity contribution is 7.98. The first-order valence-corrected chi connectivity index (χ1v) is 11.9. The summed E-state index contributed by atoms with van der Waals surface area (Å²) in [5.74, 6) is 0.932. The van der Waals surface area contributed by atoms with Crippen molar-refractivity contribution in [2.45, 2.75) is 63.5 Å². The number of rotatable bonds is 4. The summed E-state index contributed by atoms with van der Waals surface area (Å²) >= 11 is 1.57. The molecule has 2 saturated heterocycles. The average molecular weight is 401 g/mol. The van der Waals surface area contributed by atoms with Crippen LogP contribution in [-0.4, -0.2) is 59.8 Å². The van der Waals surface area contributed by atoms with Crippen molar-refractivity contribution in [1.82, 2.24) is 14.5 Å². The van der Waals surface area contributed by atoms with E-state index in [0.29, 0.717) is 6.04 Å². The maximum absolute atomic E-state index is 12.7. The maximum atomic E-state index is 12.7. The van der Waals surface area contributed by atoms with E-state index in [2.05, 4.69) is 39.9 Å². The lowest BCUT2D eigenvalue weighted by Crippen LogP contribution is -2.73. The molecule has 2 aliphatic heterocycles. The molecule has 2 unspecified atom stereocenters. The fraction of sp³-hybridized carbons (Fsp3) is 0.682. The SMILES string of the molecule is CN1CCN2CCC2(C)C1CSNC(=O)Nc1c2c(cc3c1CCC3)CCC2. The van der Waals surface area contributed by atoms with Crippen LogP contribution in [0.3, 0.4) is 0 Å². The smallest absolute Gasteiger partial charge is 0.307 e. The number of urea groups is 1. The second-order valence-electron chi connectivity index (χ2n) is 9.19. The highest BCUT2D eigenvalue weighted by Crippen LogP contribution is 2.40. The molecule has 1 aromatic rings. The number of fused-ring (bicyclic) bond motifs is 3. The Labute approximate surface area is 172 Å². The standard InChI is InChI=1S/C22H32N4OS/c1-22-9-10-26(22)12-11-25(2)19(22)14-28-24-21(27)23-20-17-7-3-5-15(17)13-16-6-4-8-18(16)20/h13,19H,3-12,14H2,1-2H3,(H2,23,24,27). The van der Waals surface area contributed by atoms with Gasteiger partial charge in [0.25, 0.3) is 0 Å². The predicted molar refractivity (Wildman–Crippen MR) is 116 cm³/mol. The summed E-state index contributed by atoms with van der Waals surface area (Å²) in [6.07, 6.45) is 8.22. The summed E-state index contributed by atoms with van der Waals surface area (Å²) in [6.45, 7) is 5.90. The topological polar surface area (TPSA) is 47.6 Å². The molecule has 0 spiro atoms. The number of nitrogens with zero attached hydrogens (tertiary/aromatic N) is 2. The largest absolute Gasteiger partial charge is 0.329 e. The van der Waals surface area contributed by atoms with Crippen LogP contribution >= 0.6 is 11.9 Å². The van der Waals surface area contributed by atoms with E-state index in [1.54, 1.807) is 11.9 Å². The number of likely N-dealkylation sites (N-methyl/N-ethyl adjacent to an activating group) is 1. The van der Waals surface area contributed by atoms with Gasteiger partial charge in [0.15, 0.2) is 0 Å². The van der Waals surface area contributed by atoms with E-state index in [-0.39, 0.29) is 11.6 Å². The fourth-order valence-electron chi connectivity index (χ4n) is 5.88. The van der Waals surface area contributed by atoms with Crippen LogP contribution < -0.4 is 10.0 Å². The van der Waals surface area contributed by atoms with Crippen LogP contribution in [0.25, 0.3) is 0 Å². The number of nitrogens with one attached hydrogen (secondary N) is 2. The normalized spacial score (nSPS) is 29.0. The molecule has 1 aromatic carbocycles. The molecule has 6 heteroatoms. The Morgan fingerprint density at radius 3 is 2.50 bits per heavy atom. The highest BCUT2D eigenvalue weighted by atomic mass is 32.2. The molecule has 5 nitrogen and oxygen atoms in total. The maximum Gasteiger partial charge on any atom is 0.329 e. The van der Waals surface area contributed by atoms with Gasteiger partial charge in [0, 0.05) is 42.7 Å². The molecule has 0 bridgehead atoms. The van der Waals surface area contributed by atoms with Gasteiger partial charge in [-0.25, -0.2) is 4.79 Å². The third kappa shape index (κ3) is 3.04. The molecular formula is C22H32N4OS. The zero-order valence-corrected chi connectivity index (χ0v) is 18.0. The number of hydrogen-bond donors (Lipinski definition) is 2. The lowest BCUT2D eigenvalue weighted by molar-refractivity contribution is -0.0930. The summed E-state index contributed by atoms with van der Waals surface area (Å²) in [5, 5.41) is 3.24. The molecule has 5 rings (SSSR count). The first kappa shape index (κ1) is 18.8. The van der Waals surface area contributed by atoms with Crippen molar-refractivity contribution in [3.63, 3.8) is 0 Å². The van der Waals surface area contributed by atoms with Crippen molar-refractivity contribution < 1.29 is 4.79 Å². The van der Waals surface area contributed by atoms with Crippen molar-refractivity contribution in [2.24, 2.45) is 0 Å². The molecule has 0 saturated carbocycles. The van der Waals surface area contributed by atoms with E-state index in [1.165, 1.54) is 54.6 Å². The minimum absolute atomic E-state index is 0.0616. The zero-order chi connectivity index (χ0) is 19.3. The van der Waals surface area contributed by atoms with Gasteiger partial charge in [-0.3, -0.25) is 14.5 Å². The molecule has 0 aromatic heterocycles. The zero-order valence-electron chi connectivity index (χ0n) is 17.1. The summed E-state index contributed by atoms with van der Waals surface area (Å²) < 4.78 is 3.08. The first-order chi connectivity index (χ1) is 13.6. The molecule has 2 heterocycles. The molecule has 28 heavy (non-hydrogen) atoms. The Bertz CT molecular complexity index is 765. The van der Waals surface area contributed by atoms with Gasteiger partial charge in [-0.15, -0.1) is 0 Å². The van der Waals surface area contributed by atoms with Gasteiger partial charge in [0.2, 0.25) is 0 Å². The molecule has 152 valence electrons. The first-order valence-electron chi connectivity index (χ1n) is 10.9. The van der Waals surface area contributed by atoms with Crippen LogP contribution in [0.2, 0.25) is 0 Å². The third-order valence-corrected chi connectivity index (χ3v) is 8.51. The summed E-state index contributed by atoms with van der Waals surface area (Å²) in [7, 11) is 2.22. The second-order valence-corrected chi connectivity index (χ2v) is 10.0. The monoisotopic (exact) mass is 400 g/mol. The Balaban J connectivity index is 1.22. The van der Waals surface area contributed by atoms with Crippen LogP contribution in [0, 0.1) is 0 Å². The molecule has 2 amide bonds. The fourth-order valence-corrected chi connectivity index (χ4v) is 6.91. The van der Waals surface area contributed by atoms with Gasteiger partial charge >= 0.3 is 6.03 Å². The molecule has 2 aliphatic carbocycles. The number of aryl methyl sites for hydroxylation is 2. The van der Waals surface area contributed by atoms with E-state index < -0.39 is 0 Å². The average Bonchev–Trinajstić information content (AvgIpc) is 3.31. The summed E-state index contributed by atoms with van der Waals surface area (Å²) in [4.78, 5) is 17.8. The molecule has 0 radical (unpaired) electrons. The number of anilines is 1. The summed E-state index contributed by atoms with van der Waals surface area (Å²) in [6, 6.07) is 2.84. The predicted octanol–water partition coefficient (Wildman–Crippen LogP) is 3.21. The quantitative estimate of drug-likeness (QED) is 0.762. The molecule has 2 N–H and O–H groups in total. The van der Waals surface area contributed by atoms with E-state index in [4.69, 9.17) is 0 Å². The summed E-state index contributed by atoms with van der Waals surface area (Å²) in [5.41, 5.74) is 7.12. The molecular weight excluding hydrogens is 368 g/mol. The van der Waals surface area contributed by atoms with E-state index in [9.17, 15) is 4.79 Å². The van der Waals surface area contributed by atoms with Crippen LogP contribution in [0.4, 0.5) is 10.5 Å². The minimum atomic E-state index is -0.0616. The van der Waals surface area contributed by atoms with E-state index >= 15 is 0 Å². The van der Waals surface area contributed by atoms with Crippen molar-refractivity contribution in [3.05, 3.63) is 28.3 Å². The van der Waals surface area contributed by atoms with Crippen LogP contribution in [0.15, 0.2) is 6.07 Å². The lowest BCUT2D eigenvalue weighted by Gasteiger charge is -2.60. The highest BCUT2D eigenvalue weighted by Gasteiger charge is 2.50. The Hall–Kier alpha value is -1.24.